The van der Waals surface area contributed by atoms with E-state index >= 15 is 0 Å². The number of nitrogens with zero attached hydrogens (tertiary/aromatic N) is 1. The molecular formula is C16H19FN2O4S3. The third-order valence-corrected chi connectivity index (χ3v) is 9.27. The van der Waals surface area contributed by atoms with E-state index in [9.17, 15) is 21.2 Å². The molecule has 2 aromatic rings. The van der Waals surface area contributed by atoms with Gasteiger partial charge in [-0.05, 0) is 55.0 Å². The second-order valence-corrected chi connectivity index (χ2v) is 10.9. The number of thiophene rings is 1. The zero-order valence-corrected chi connectivity index (χ0v) is 16.5. The molecule has 6 nitrogen and oxygen atoms in total. The average Bonchev–Trinajstić information content (AvgIpc) is 3.10. The van der Waals surface area contributed by atoms with Gasteiger partial charge in [0.1, 0.15) is 10.0 Å². The minimum atomic E-state index is -3.73. The molecule has 0 amide bonds. The fourth-order valence-electron chi connectivity index (χ4n) is 2.95. The number of hydrogen-bond acceptors (Lipinski definition) is 5. The van der Waals surface area contributed by atoms with Crippen LogP contribution in [0.4, 0.5) is 4.39 Å². The van der Waals surface area contributed by atoms with Gasteiger partial charge in [-0.15, -0.1) is 11.3 Å². The van der Waals surface area contributed by atoms with E-state index in [0.717, 1.165) is 17.4 Å². The number of hydrogen-bond donors (Lipinski definition) is 1. The monoisotopic (exact) mass is 418 g/mol. The molecule has 142 valence electrons. The lowest BCUT2D eigenvalue weighted by molar-refractivity contribution is 0.308. The van der Waals surface area contributed by atoms with Crippen molar-refractivity contribution in [3.63, 3.8) is 0 Å². The van der Waals surface area contributed by atoms with E-state index in [-0.39, 0.29) is 28.2 Å². The minimum absolute atomic E-state index is 0.0801. The molecule has 1 aliphatic heterocycles. The van der Waals surface area contributed by atoms with Crippen LogP contribution in [0.5, 0.6) is 0 Å². The van der Waals surface area contributed by atoms with Crippen LogP contribution in [0.3, 0.4) is 0 Å². The summed E-state index contributed by atoms with van der Waals surface area (Å²) in [4.78, 5) is 0.0801. The molecule has 1 saturated heterocycles. The normalized spacial score (nSPS) is 17.5. The summed E-state index contributed by atoms with van der Waals surface area (Å²) < 4.78 is 67.5. The highest BCUT2D eigenvalue weighted by molar-refractivity contribution is 7.91. The van der Waals surface area contributed by atoms with Crippen LogP contribution < -0.4 is 4.72 Å². The van der Waals surface area contributed by atoms with Gasteiger partial charge in [-0.3, -0.25) is 0 Å². The Morgan fingerprint density at radius 2 is 1.85 bits per heavy atom. The van der Waals surface area contributed by atoms with Crippen LogP contribution in [-0.4, -0.2) is 40.3 Å². The lowest BCUT2D eigenvalue weighted by Gasteiger charge is -2.31. The van der Waals surface area contributed by atoms with Crippen LogP contribution in [0.15, 0.2) is 44.8 Å². The van der Waals surface area contributed by atoms with Crippen molar-refractivity contribution in [3.05, 3.63) is 47.1 Å². The number of nitrogens with one attached hydrogen (secondary N) is 1. The fraction of sp³-hybridized carbons (Fsp3) is 0.375. The summed E-state index contributed by atoms with van der Waals surface area (Å²) >= 11 is 1.14. The second kappa shape index (κ2) is 7.35. The molecule has 3 rings (SSSR count). The Hall–Kier alpha value is -1.33. The van der Waals surface area contributed by atoms with E-state index < -0.39 is 25.9 Å². The van der Waals surface area contributed by atoms with E-state index in [2.05, 4.69) is 4.72 Å². The average molecular weight is 419 g/mol. The predicted molar refractivity (Wildman–Crippen MR) is 97.6 cm³/mol. The summed E-state index contributed by atoms with van der Waals surface area (Å²) in [6, 6.07) is 6.47. The smallest absolute Gasteiger partial charge is 0.207 e. The van der Waals surface area contributed by atoms with Gasteiger partial charge < -0.3 is 0 Å². The Bertz CT molecular complexity index is 981. The van der Waals surface area contributed by atoms with Gasteiger partial charge in [0.15, 0.2) is 0 Å². The van der Waals surface area contributed by atoms with Crippen molar-refractivity contribution >= 4 is 31.4 Å². The van der Waals surface area contributed by atoms with E-state index in [4.69, 9.17) is 0 Å². The summed E-state index contributed by atoms with van der Waals surface area (Å²) in [7, 11) is -7.30. The maximum Gasteiger partial charge on any atom is 0.250 e. The quantitative estimate of drug-likeness (QED) is 0.808. The minimum Gasteiger partial charge on any atom is -0.207 e. The number of rotatable bonds is 5. The van der Waals surface area contributed by atoms with E-state index in [1.54, 1.807) is 18.4 Å². The van der Waals surface area contributed by atoms with Crippen molar-refractivity contribution in [3.8, 4) is 0 Å². The van der Waals surface area contributed by atoms with Crippen molar-refractivity contribution < 1.29 is 21.2 Å². The van der Waals surface area contributed by atoms with Gasteiger partial charge >= 0.3 is 0 Å². The SMILES string of the molecule is Cc1cc(F)ccc1S(=O)(=O)N1CCC(NS(=O)(=O)c2cccs2)CC1. The predicted octanol–water partition coefficient (Wildman–Crippen LogP) is 2.33. The van der Waals surface area contributed by atoms with Crippen molar-refractivity contribution in [2.45, 2.75) is 34.9 Å². The fourth-order valence-corrected chi connectivity index (χ4v) is 6.94. The summed E-state index contributed by atoms with van der Waals surface area (Å²) in [6.45, 7) is 1.96. The van der Waals surface area contributed by atoms with Gasteiger partial charge in [-0.2, -0.15) is 4.31 Å². The van der Waals surface area contributed by atoms with Crippen molar-refractivity contribution in [1.82, 2.24) is 9.03 Å². The Morgan fingerprint density at radius 1 is 1.15 bits per heavy atom. The highest BCUT2D eigenvalue weighted by atomic mass is 32.2. The number of piperidine rings is 1. The molecule has 1 aliphatic rings. The van der Waals surface area contributed by atoms with Gasteiger partial charge in [0.2, 0.25) is 20.0 Å². The Balaban J connectivity index is 1.68. The molecule has 0 atom stereocenters. The molecule has 1 fully saturated rings. The molecule has 0 unspecified atom stereocenters. The lowest BCUT2D eigenvalue weighted by atomic mass is 10.1. The summed E-state index contributed by atoms with van der Waals surface area (Å²) in [5, 5.41) is 1.69. The van der Waals surface area contributed by atoms with Gasteiger partial charge in [0, 0.05) is 19.1 Å². The molecule has 1 aromatic carbocycles. The molecule has 0 spiro atoms. The largest absolute Gasteiger partial charge is 0.250 e. The van der Waals surface area contributed by atoms with Crippen molar-refractivity contribution in [2.24, 2.45) is 0 Å². The third-order valence-electron chi connectivity index (χ3n) is 4.29. The molecule has 0 aliphatic carbocycles. The van der Waals surface area contributed by atoms with Crippen LogP contribution in [-0.2, 0) is 20.0 Å². The van der Waals surface area contributed by atoms with Crippen LogP contribution in [0.1, 0.15) is 18.4 Å². The molecule has 0 radical (unpaired) electrons. The Morgan fingerprint density at radius 3 is 2.42 bits per heavy atom. The second-order valence-electron chi connectivity index (χ2n) is 6.14. The van der Waals surface area contributed by atoms with E-state index in [1.807, 2.05) is 0 Å². The number of benzene rings is 1. The Labute approximate surface area is 156 Å². The summed E-state index contributed by atoms with van der Waals surface area (Å²) in [5.74, 6) is -0.483. The lowest BCUT2D eigenvalue weighted by Crippen LogP contribution is -2.46. The maximum atomic E-state index is 13.2. The van der Waals surface area contributed by atoms with Crippen LogP contribution in [0.2, 0.25) is 0 Å². The molecule has 1 aromatic heterocycles. The first-order valence-electron chi connectivity index (χ1n) is 8.02. The van der Waals surface area contributed by atoms with Gasteiger partial charge in [0.05, 0.1) is 4.90 Å². The zero-order valence-electron chi connectivity index (χ0n) is 14.1. The maximum absolute atomic E-state index is 13.2. The molecule has 26 heavy (non-hydrogen) atoms. The van der Waals surface area contributed by atoms with Gasteiger partial charge in [0.25, 0.3) is 0 Å². The molecule has 2 heterocycles. The van der Waals surface area contributed by atoms with Crippen LogP contribution in [0, 0.1) is 12.7 Å². The first-order chi connectivity index (χ1) is 12.2. The molecule has 0 bridgehead atoms. The number of sulfonamides is 2. The van der Waals surface area contributed by atoms with E-state index in [0.29, 0.717) is 18.4 Å². The van der Waals surface area contributed by atoms with Crippen molar-refractivity contribution in [2.75, 3.05) is 13.1 Å². The third kappa shape index (κ3) is 3.99. The van der Waals surface area contributed by atoms with Gasteiger partial charge in [-0.1, -0.05) is 6.07 Å². The zero-order chi connectivity index (χ0) is 18.9. The topological polar surface area (TPSA) is 83.6 Å². The summed E-state index contributed by atoms with van der Waals surface area (Å²) in [5.41, 5.74) is 0.352. The molecular weight excluding hydrogens is 399 g/mol. The van der Waals surface area contributed by atoms with Crippen molar-refractivity contribution in [1.29, 1.82) is 0 Å². The van der Waals surface area contributed by atoms with Gasteiger partial charge in [-0.25, -0.2) is 25.9 Å². The van der Waals surface area contributed by atoms with Crippen LogP contribution >= 0.6 is 11.3 Å². The highest BCUT2D eigenvalue weighted by Crippen LogP contribution is 2.25. The first-order valence-corrected chi connectivity index (χ1v) is 11.8. The number of halogens is 1. The molecule has 0 saturated carbocycles. The highest BCUT2D eigenvalue weighted by Gasteiger charge is 2.32. The first kappa shape index (κ1) is 19.4. The molecule has 10 heteroatoms. The summed E-state index contributed by atoms with van der Waals surface area (Å²) in [6.07, 6.45) is 0.758. The van der Waals surface area contributed by atoms with Crippen LogP contribution in [0.25, 0.3) is 0 Å². The Kier molecular flexibility index (Phi) is 5.50. The standard InChI is InChI=1S/C16H19FN2O4S3/c1-12-11-13(17)4-5-15(12)26(22,23)19-8-6-14(7-9-19)18-25(20,21)16-3-2-10-24-16/h2-5,10-11,14,18H,6-9H2,1H3. The molecule has 1 N–H and O–H groups in total. The number of aryl methyl sites for hydroxylation is 1. The van der Waals surface area contributed by atoms with E-state index in [1.165, 1.54) is 22.5 Å².